The van der Waals surface area contributed by atoms with Crippen molar-refractivity contribution < 1.29 is 0 Å². The maximum absolute atomic E-state index is 2.77. The first-order chi connectivity index (χ1) is 33.0. The minimum atomic E-state index is -0.0182. The Morgan fingerprint density at radius 3 is 1.56 bits per heavy atom. The zero-order chi connectivity index (χ0) is 50.9. The van der Waals surface area contributed by atoms with Crippen LogP contribution in [0.2, 0.25) is 0 Å². The van der Waals surface area contributed by atoms with E-state index in [4.69, 9.17) is 0 Å². The predicted octanol–water partition coefficient (Wildman–Crippen LogP) is 17.6. The van der Waals surface area contributed by atoms with Gasteiger partial charge in [0.1, 0.15) is 0 Å². The fourth-order valence-electron chi connectivity index (χ4n) is 13.4. The molecule has 71 heavy (non-hydrogen) atoms. The number of benzene rings is 5. The third-order valence-corrected chi connectivity index (χ3v) is 19.6. The van der Waals surface area contributed by atoms with Crippen LogP contribution in [0.1, 0.15) is 177 Å². The summed E-state index contributed by atoms with van der Waals surface area (Å²) in [5.74, 6) is 0.253. The second-order valence-electron chi connectivity index (χ2n) is 28.4. The quantitative estimate of drug-likeness (QED) is 0.166. The zero-order valence-electron chi connectivity index (χ0n) is 46.7. The van der Waals surface area contributed by atoms with E-state index in [1.165, 1.54) is 120 Å². The summed E-state index contributed by atoms with van der Waals surface area (Å²) in [6.45, 7) is 43.5. The summed E-state index contributed by atoms with van der Waals surface area (Å²) in [7, 11) is 0. The molecule has 6 aliphatic rings. The van der Waals surface area contributed by atoms with Gasteiger partial charge in [-0.3, -0.25) is 0 Å². The van der Waals surface area contributed by atoms with Crippen LogP contribution < -0.4 is 20.7 Å². The molecule has 5 aromatic rings. The summed E-state index contributed by atoms with van der Waals surface area (Å²) in [6, 6.07) is 37.1. The molecule has 0 N–H and O–H groups in total. The van der Waals surface area contributed by atoms with Gasteiger partial charge < -0.3 is 9.80 Å². The SMILES string of the molecule is Cc1cc2c3c(c1)N(c1ccc(C(C)(C)C)cc1-c1ccc(C(C)(C)C)cc1)c1cc4c(cc1B3C1=C(C3C=C5C(=CC3S1)C(C)(C)CCC5(C)C)N2c1ccc(C(C)(C)C)cc1)C(C)(C)CCC4(C)C. The van der Waals surface area contributed by atoms with Crippen LogP contribution in [0.15, 0.2) is 125 Å². The van der Waals surface area contributed by atoms with Crippen molar-refractivity contribution in [3.05, 3.63) is 158 Å². The van der Waals surface area contributed by atoms with Gasteiger partial charge in [-0.1, -0.05) is 178 Å². The molecule has 11 rings (SSSR count). The first-order valence-corrected chi connectivity index (χ1v) is 28.0. The van der Waals surface area contributed by atoms with E-state index in [0.29, 0.717) is 5.25 Å². The molecular weight excluding hydrogens is 876 g/mol. The zero-order valence-corrected chi connectivity index (χ0v) is 47.5. The first kappa shape index (κ1) is 48.6. The lowest BCUT2D eigenvalue weighted by molar-refractivity contribution is 0.255. The van der Waals surface area contributed by atoms with Crippen LogP contribution in [0.5, 0.6) is 0 Å². The fraction of sp³-hybridized carbons (Fsp3) is 0.463. The molecule has 0 saturated heterocycles. The molecule has 4 heteroatoms. The fourth-order valence-corrected chi connectivity index (χ4v) is 14.9. The monoisotopic (exact) mass is 957 g/mol. The van der Waals surface area contributed by atoms with E-state index in [1.807, 2.05) is 0 Å². The Hall–Kier alpha value is -4.67. The lowest BCUT2D eigenvalue weighted by Gasteiger charge is -2.48. The summed E-state index contributed by atoms with van der Waals surface area (Å²) in [4.78, 5) is 7.02. The molecule has 368 valence electrons. The molecule has 2 atom stereocenters. The maximum Gasteiger partial charge on any atom is 0.259 e. The molecule has 0 amide bonds. The molecule has 1 fully saturated rings. The maximum atomic E-state index is 2.77. The summed E-state index contributed by atoms with van der Waals surface area (Å²) in [5, 5.41) is 0.323. The molecule has 0 aromatic heterocycles. The van der Waals surface area contributed by atoms with Crippen LogP contribution in [0.3, 0.4) is 0 Å². The van der Waals surface area contributed by atoms with Gasteiger partial charge in [-0.25, -0.2) is 0 Å². The standard InChI is InChI=1S/C67H81BN2S/c1-40-33-55-58-56(34-40)70(53-28-25-44(63(8,9)10)35-46(53)41-19-21-42(22-20-41)61(2,3)4)54-38-50-49(65(13,14)30-31-66(50,15)16)37-52(54)68(58)60-59(69(55)45-26-23-43(24-27-45)62(5,6)7)47-36-48-51(39-57(47)71-60)67(17,18)32-29-64(48,11)12/h19-28,33-39,47,57H,29-32H2,1-18H3. The normalized spacial score (nSPS) is 22.4. The Bertz CT molecular complexity index is 3130. The van der Waals surface area contributed by atoms with E-state index >= 15 is 0 Å². The minimum absolute atomic E-state index is 0.0182. The number of allylic oxidation sites excluding steroid dienone is 3. The van der Waals surface area contributed by atoms with Crippen molar-refractivity contribution in [2.24, 2.45) is 16.7 Å². The Kier molecular flexibility index (Phi) is 10.7. The van der Waals surface area contributed by atoms with E-state index < -0.39 is 0 Å². The molecule has 3 aliphatic heterocycles. The number of fused-ring (bicyclic) bond motifs is 7. The van der Waals surface area contributed by atoms with E-state index in [-0.39, 0.29) is 50.5 Å². The second-order valence-corrected chi connectivity index (χ2v) is 29.7. The largest absolute Gasteiger partial charge is 0.314 e. The highest BCUT2D eigenvalue weighted by Crippen LogP contribution is 2.62. The van der Waals surface area contributed by atoms with Crippen LogP contribution in [-0.2, 0) is 27.1 Å². The van der Waals surface area contributed by atoms with Gasteiger partial charge in [0.05, 0.1) is 5.69 Å². The number of anilines is 5. The summed E-state index contributed by atoms with van der Waals surface area (Å²) < 4.78 is 0. The smallest absolute Gasteiger partial charge is 0.259 e. The summed E-state index contributed by atoms with van der Waals surface area (Å²) in [6.07, 6.45) is 10.3. The molecule has 0 radical (unpaired) electrons. The second kappa shape index (κ2) is 15.7. The van der Waals surface area contributed by atoms with Gasteiger partial charge in [-0.05, 0) is 179 Å². The van der Waals surface area contributed by atoms with Crippen molar-refractivity contribution in [1.82, 2.24) is 0 Å². The molecule has 5 aromatic carbocycles. The average molecular weight is 957 g/mol. The Morgan fingerprint density at radius 2 is 1.00 bits per heavy atom. The topological polar surface area (TPSA) is 6.48 Å². The van der Waals surface area contributed by atoms with Crippen molar-refractivity contribution in [1.29, 1.82) is 0 Å². The van der Waals surface area contributed by atoms with E-state index in [9.17, 15) is 0 Å². The van der Waals surface area contributed by atoms with E-state index in [2.05, 4.69) is 249 Å². The van der Waals surface area contributed by atoms with Gasteiger partial charge in [-0.15, -0.1) is 11.8 Å². The average Bonchev–Trinajstić information content (AvgIpc) is 3.66. The number of hydrogen-bond acceptors (Lipinski definition) is 3. The van der Waals surface area contributed by atoms with Crippen LogP contribution in [0, 0.1) is 23.7 Å². The van der Waals surface area contributed by atoms with E-state index in [0.717, 1.165) is 0 Å². The lowest BCUT2D eigenvalue weighted by Crippen LogP contribution is -2.56. The Balaban J connectivity index is 1.24. The van der Waals surface area contributed by atoms with Crippen LogP contribution in [-0.4, -0.2) is 12.0 Å². The highest BCUT2D eigenvalue weighted by atomic mass is 32.2. The molecule has 0 bridgehead atoms. The van der Waals surface area contributed by atoms with Crippen LogP contribution in [0.4, 0.5) is 28.4 Å². The van der Waals surface area contributed by atoms with Gasteiger partial charge in [-0.2, -0.15) is 0 Å². The van der Waals surface area contributed by atoms with Crippen molar-refractivity contribution in [2.75, 3.05) is 9.80 Å². The third-order valence-electron chi connectivity index (χ3n) is 18.2. The predicted molar refractivity (Wildman–Crippen MR) is 311 cm³/mol. The van der Waals surface area contributed by atoms with Crippen molar-refractivity contribution >= 4 is 57.8 Å². The molecule has 2 nitrogen and oxygen atoms in total. The number of rotatable bonds is 3. The lowest BCUT2D eigenvalue weighted by atomic mass is 9.36. The number of thioether (sulfide) groups is 1. The van der Waals surface area contributed by atoms with Crippen molar-refractivity contribution in [3.8, 4) is 11.1 Å². The molecular formula is C67H81BN2S. The van der Waals surface area contributed by atoms with Crippen molar-refractivity contribution in [2.45, 2.75) is 183 Å². The number of hydrogen-bond donors (Lipinski definition) is 0. The Morgan fingerprint density at radius 1 is 0.507 bits per heavy atom. The molecule has 3 heterocycles. The Labute approximate surface area is 434 Å². The third kappa shape index (κ3) is 7.71. The van der Waals surface area contributed by atoms with Crippen LogP contribution >= 0.6 is 11.8 Å². The highest BCUT2D eigenvalue weighted by molar-refractivity contribution is 8.06. The van der Waals surface area contributed by atoms with Crippen LogP contribution in [0.25, 0.3) is 11.1 Å². The molecule has 2 unspecified atom stereocenters. The highest BCUT2D eigenvalue weighted by Gasteiger charge is 2.54. The van der Waals surface area contributed by atoms with Gasteiger partial charge in [0.15, 0.2) is 0 Å². The van der Waals surface area contributed by atoms with Gasteiger partial charge in [0, 0.05) is 45.2 Å². The molecule has 1 saturated carbocycles. The number of aryl methyl sites for hydroxylation is 1. The van der Waals surface area contributed by atoms with Gasteiger partial charge in [0.2, 0.25) is 0 Å². The number of nitrogens with zero attached hydrogens (tertiary/aromatic N) is 2. The summed E-state index contributed by atoms with van der Waals surface area (Å²) >= 11 is 2.19. The van der Waals surface area contributed by atoms with Crippen molar-refractivity contribution in [3.63, 3.8) is 0 Å². The molecule has 0 spiro atoms. The summed E-state index contributed by atoms with van der Waals surface area (Å²) in [5.41, 5.74) is 25.5. The first-order valence-electron chi connectivity index (χ1n) is 27.1. The van der Waals surface area contributed by atoms with Gasteiger partial charge >= 0.3 is 0 Å². The van der Waals surface area contributed by atoms with Gasteiger partial charge in [0.25, 0.3) is 6.71 Å². The van der Waals surface area contributed by atoms with E-state index in [1.54, 1.807) is 11.1 Å². The molecule has 3 aliphatic carbocycles. The minimum Gasteiger partial charge on any atom is -0.314 e.